The molecule has 9 nitrogen and oxygen atoms in total. The summed E-state index contributed by atoms with van der Waals surface area (Å²) < 4.78 is 54.7. The third-order valence-electron chi connectivity index (χ3n) is 7.46. The van der Waals surface area contributed by atoms with Crippen LogP contribution in [-0.4, -0.2) is 56.5 Å². The number of rotatable bonds is 11. The molecule has 0 spiro atoms. The molecular weight excluding hydrogens is 621 g/mol. The molecule has 0 unspecified atom stereocenters. The first-order chi connectivity index (χ1) is 22.4. The molecular formula is C36H38FN3O6S. The molecule has 0 aliphatic carbocycles. The fourth-order valence-corrected chi connectivity index (χ4v) is 6.66. The molecule has 0 radical (unpaired) electrons. The van der Waals surface area contributed by atoms with Gasteiger partial charge in [-0.25, -0.2) is 12.8 Å². The smallest absolute Gasteiger partial charge is 0.264 e. The Balaban J connectivity index is 1.59. The fraction of sp³-hybridized carbons (Fsp3) is 0.278. The number of hydrogen-bond acceptors (Lipinski definition) is 6. The van der Waals surface area contributed by atoms with Gasteiger partial charge in [0.15, 0.2) is 11.5 Å². The second-order valence-electron chi connectivity index (χ2n) is 12.2. The van der Waals surface area contributed by atoms with E-state index >= 15 is 0 Å². The van der Waals surface area contributed by atoms with Gasteiger partial charge in [-0.15, -0.1) is 0 Å². The van der Waals surface area contributed by atoms with Crippen molar-refractivity contribution in [3.63, 3.8) is 0 Å². The lowest BCUT2D eigenvalue weighted by Crippen LogP contribution is -2.56. The molecule has 1 aliphatic heterocycles. The Morgan fingerprint density at radius 3 is 2.09 bits per heavy atom. The van der Waals surface area contributed by atoms with E-state index < -0.39 is 45.8 Å². The van der Waals surface area contributed by atoms with Gasteiger partial charge in [0.05, 0.1) is 10.6 Å². The number of nitrogens with one attached hydrogen (secondary N) is 1. The van der Waals surface area contributed by atoms with E-state index in [0.29, 0.717) is 23.7 Å². The first-order valence-corrected chi connectivity index (χ1v) is 16.7. The van der Waals surface area contributed by atoms with Crippen LogP contribution in [0.1, 0.15) is 31.9 Å². The Labute approximate surface area is 275 Å². The van der Waals surface area contributed by atoms with Crippen molar-refractivity contribution >= 4 is 27.5 Å². The summed E-state index contributed by atoms with van der Waals surface area (Å²) in [5.41, 5.74) is 0.939. The maximum atomic E-state index is 14.6. The Hall–Kier alpha value is -4.90. The fourth-order valence-electron chi connectivity index (χ4n) is 5.23. The molecule has 0 saturated carbocycles. The number of amides is 2. The normalized spacial score (nSPS) is 13.4. The zero-order chi connectivity index (χ0) is 33.6. The maximum Gasteiger partial charge on any atom is 0.264 e. The first kappa shape index (κ1) is 33.5. The molecule has 1 atom stereocenters. The van der Waals surface area contributed by atoms with Crippen LogP contribution >= 0.6 is 0 Å². The van der Waals surface area contributed by atoms with E-state index in [1.165, 1.54) is 47.4 Å². The van der Waals surface area contributed by atoms with Gasteiger partial charge in [-0.3, -0.25) is 13.9 Å². The van der Waals surface area contributed by atoms with E-state index in [-0.39, 0.29) is 30.2 Å². The van der Waals surface area contributed by atoms with Gasteiger partial charge >= 0.3 is 0 Å². The van der Waals surface area contributed by atoms with E-state index in [2.05, 4.69) is 5.32 Å². The highest BCUT2D eigenvalue weighted by atomic mass is 32.2. The molecule has 2 amide bonds. The SMILES string of the molecule is CC(C)(C)NC(=O)[C@@H](Cc1ccccc1)N(Cc1ccc(F)cc1)C(=O)CN(c1ccc2c(c1)OCCO2)S(=O)(=O)c1ccccc1. The van der Waals surface area contributed by atoms with Gasteiger partial charge in [-0.2, -0.15) is 0 Å². The van der Waals surface area contributed by atoms with Crippen molar-refractivity contribution in [2.75, 3.05) is 24.1 Å². The van der Waals surface area contributed by atoms with Gasteiger partial charge < -0.3 is 19.7 Å². The minimum absolute atomic E-state index is 0.0147. The second kappa shape index (κ2) is 14.3. The molecule has 1 N–H and O–H groups in total. The molecule has 4 aromatic rings. The summed E-state index contributed by atoms with van der Waals surface area (Å²) in [6.07, 6.45) is 0.158. The average Bonchev–Trinajstić information content (AvgIpc) is 3.05. The summed E-state index contributed by atoms with van der Waals surface area (Å²) in [6, 6.07) is 26.4. The van der Waals surface area contributed by atoms with E-state index in [9.17, 15) is 22.4 Å². The number of carbonyl (C=O) groups is 2. The van der Waals surface area contributed by atoms with Crippen LogP contribution < -0.4 is 19.1 Å². The summed E-state index contributed by atoms with van der Waals surface area (Å²) >= 11 is 0. The highest BCUT2D eigenvalue weighted by Crippen LogP contribution is 2.36. The highest BCUT2D eigenvalue weighted by molar-refractivity contribution is 7.92. The number of anilines is 1. The van der Waals surface area contributed by atoms with Crippen molar-refractivity contribution in [1.29, 1.82) is 0 Å². The largest absolute Gasteiger partial charge is 0.486 e. The van der Waals surface area contributed by atoms with E-state index in [0.717, 1.165) is 9.87 Å². The lowest BCUT2D eigenvalue weighted by molar-refractivity contribution is -0.140. The molecule has 4 aromatic carbocycles. The topological polar surface area (TPSA) is 105 Å². The third kappa shape index (κ3) is 8.48. The summed E-state index contributed by atoms with van der Waals surface area (Å²) in [4.78, 5) is 29.9. The van der Waals surface area contributed by atoms with Crippen LogP contribution in [0.15, 0.2) is 108 Å². The van der Waals surface area contributed by atoms with Crippen molar-refractivity contribution in [2.24, 2.45) is 0 Å². The Bertz CT molecular complexity index is 1800. The maximum absolute atomic E-state index is 14.6. The minimum Gasteiger partial charge on any atom is -0.486 e. The average molecular weight is 660 g/mol. The number of fused-ring (bicyclic) bond motifs is 1. The molecule has 47 heavy (non-hydrogen) atoms. The van der Waals surface area contributed by atoms with Crippen LogP contribution in [0.4, 0.5) is 10.1 Å². The third-order valence-corrected chi connectivity index (χ3v) is 9.25. The lowest BCUT2D eigenvalue weighted by Gasteiger charge is -2.35. The molecule has 0 aromatic heterocycles. The van der Waals surface area contributed by atoms with Gasteiger partial charge in [0.25, 0.3) is 10.0 Å². The van der Waals surface area contributed by atoms with Crippen molar-refractivity contribution in [1.82, 2.24) is 10.2 Å². The quantitative estimate of drug-likeness (QED) is 0.233. The number of halogens is 1. The summed E-state index contributed by atoms with van der Waals surface area (Å²) in [5.74, 6) is -0.675. The first-order valence-electron chi connectivity index (χ1n) is 15.3. The second-order valence-corrected chi connectivity index (χ2v) is 14.1. The lowest BCUT2D eigenvalue weighted by atomic mass is 10.0. The number of nitrogens with zero attached hydrogens (tertiary/aromatic N) is 2. The summed E-state index contributed by atoms with van der Waals surface area (Å²) in [5, 5.41) is 2.99. The van der Waals surface area contributed by atoms with Gasteiger partial charge in [-0.05, 0) is 68.3 Å². The monoisotopic (exact) mass is 659 g/mol. The van der Waals surface area contributed by atoms with Crippen LogP contribution in [-0.2, 0) is 32.6 Å². The van der Waals surface area contributed by atoms with Gasteiger partial charge in [-0.1, -0.05) is 60.7 Å². The van der Waals surface area contributed by atoms with Crippen molar-refractivity contribution in [2.45, 2.75) is 50.2 Å². The van der Waals surface area contributed by atoms with Crippen molar-refractivity contribution < 1.29 is 31.9 Å². The van der Waals surface area contributed by atoms with E-state index in [4.69, 9.17) is 9.47 Å². The van der Waals surface area contributed by atoms with Crippen LogP contribution in [0.3, 0.4) is 0 Å². The zero-order valence-corrected chi connectivity index (χ0v) is 27.4. The van der Waals surface area contributed by atoms with Gasteiger partial charge in [0.2, 0.25) is 11.8 Å². The molecule has 246 valence electrons. The molecule has 0 saturated heterocycles. The molecule has 0 bridgehead atoms. The van der Waals surface area contributed by atoms with Crippen LogP contribution in [0.25, 0.3) is 0 Å². The van der Waals surface area contributed by atoms with Gasteiger partial charge in [0.1, 0.15) is 31.6 Å². The molecule has 0 fully saturated rings. The highest BCUT2D eigenvalue weighted by Gasteiger charge is 2.36. The van der Waals surface area contributed by atoms with Crippen LogP contribution in [0.5, 0.6) is 11.5 Å². The molecule has 11 heteroatoms. The summed E-state index contributed by atoms with van der Waals surface area (Å²) in [6.45, 7) is 5.46. The number of carbonyl (C=O) groups excluding carboxylic acids is 2. The number of ether oxygens (including phenoxy) is 2. The van der Waals surface area contributed by atoms with E-state index in [1.54, 1.807) is 30.3 Å². The Kier molecular flexibility index (Phi) is 10.1. The Morgan fingerprint density at radius 2 is 1.45 bits per heavy atom. The van der Waals surface area contributed by atoms with Gasteiger partial charge in [0, 0.05) is 24.6 Å². The van der Waals surface area contributed by atoms with E-state index in [1.807, 2.05) is 51.1 Å². The predicted octanol–water partition coefficient (Wildman–Crippen LogP) is 5.35. The van der Waals surface area contributed by atoms with Crippen molar-refractivity contribution in [3.05, 3.63) is 120 Å². The minimum atomic E-state index is -4.28. The Morgan fingerprint density at radius 1 is 0.830 bits per heavy atom. The zero-order valence-electron chi connectivity index (χ0n) is 26.6. The predicted molar refractivity (Wildman–Crippen MR) is 177 cm³/mol. The number of benzene rings is 4. The van der Waals surface area contributed by atoms with Crippen LogP contribution in [0, 0.1) is 5.82 Å². The standard InChI is InChI=1S/C36H38FN3O6S/c1-36(2,3)38-35(42)31(22-26-10-6-4-7-11-26)39(24-27-14-16-28(37)17-15-27)34(41)25-40(47(43,44)30-12-8-5-9-13-30)29-18-19-32-33(23-29)46-21-20-45-32/h4-19,23,31H,20-22,24-25H2,1-3H3,(H,38,42)/t31-/m1/s1. The number of hydrogen-bond donors (Lipinski definition) is 1. The molecule has 5 rings (SSSR count). The molecule has 1 aliphatic rings. The summed E-state index contributed by atoms with van der Waals surface area (Å²) in [7, 11) is -4.28. The van der Waals surface area contributed by atoms with Crippen LogP contribution in [0.2, 0.25) is 0 Å². The van der Waals surface area contributed by atoms with Crippen molar-refractivity contribution in [3.8, 4) is 11.5 Å². The molecule has 1 heterocycles. The number of sulfonamides is 1.